The highest BCUT2D eigenvalue weighted by Gasteiger charge is 2.37. The molecule has 196 valence electrons. The Labute approximate surface area is 217 Å². The summed E-state index contributed by atoms with van der Waals surface area (Å²) in [7, 11) is -1.85. The van der Waals surface area contributed by atoms with E-state index in [1.165, 1.54) is 30.6 Å². The highest BCUT2D eigenvalue weighted by Crippen LogP contribution is 2.33. The van der Waals surface area contributed by atoms with Crippen molar-refractivity contribution in [2.45, 2.75) is 48.7 Å². The summed E-state index contributed by atoms with van der Waals surface area (Å²) < 4.78 is 41.5. The van der Waals surface area contributed by atoms with Gasteiger partial charge in [-0.05, 0) is 44.9 Å². The number of hydrogen-bond acceptors (Lipinski definition) is 11. The Bertz CT molecular complexity index is 1450. The molecule has 5 rings (SSSR count). The van der Waals surface area contributed by atoms with Crippen molar-refractivity contribution in [3.63, 3.8) is 0 Å². The van der Waals surface area contributed by atoms with Gasteiger partial charge in [0.25, 0.3) is 5.91 Å². The summed E-state index contributed by atoms with van der Waals surface area (Å²) in [6.45, 7) is 4.00. The summed E-state index contributed by atoms with van der Waals surface area (Å²) in [6, 6.07) is 9.48. The van der Waals surface area contributed by atoms with Crippen LogP contribution in [-0.2, 0) is 28.9 Å². The van der Waals surface area contributed by atoms with Gasteiger partial charge in [0, 0.05) is 11.6 Å². The second-order valence-electron chi connectivity index (χ2n) is 9.11. The highest BCUT2D eigenvalue weighted by atomic mass is 32.2. The molecule has 3 heterocycles. The molecule has 13 heteroatoms. The number of anilines is 1. The van der Waals surface area contributed by atoms with Crippen molar-refractivity contribution in [3.05, 3.63) is 42.0 Å². The minimum absolute atomic E-state index is 0.0432. The van der Waals surface area contributed by atoms with Crippen molar-refractivity contribution in [2.24, 2.45) is 5.16 Å². The van der Waals surface area contributed by atoms with Gasteiger partial charge >= 0.3 is 0 Å². The molecule has 0 radical (unpaired) electrons. The number of pyridine rings is 1. The Morgan fingerprint density at radius 1 is 1.19 bits per heavy atom. The maximum Gasteiger partial charge on any atom is 0.280 e. The Morgan fingerprint density at radius 2 is 1.95 bits per heavy atom. The zero-order valence-electron chi connectivity index (χ0n) is 20.5. The quantitative estimate of drug-likeness (QED) is 0.317. The Kier molecular flexibility index (Phi) is 6.88. The van der Waals surface area contributed by atoms with E-state index in [2.05, 4.69) is 20.4 Å². The molecular weight excluding hydrogens is 520 g/mol. The molecule has 1 N–H and O–H groups in total. The van der Waals surface area contributed by atoms with E-state index in [1.807, 2.05) is 0 Å². The molecular formula is C24H26N4O7S2. The molecule has 1 aliphatic carbocycles. The fraction of sp³-hybridized carbons (Fsp3) is 0.417. The number of sulfone groups is 1. The van der Waals surface area contributed by atoms with Gasteiger partial charge in [-0.25, -0.2) is 18.4 Å². The second-order valence-corrected chi connectivity index (χ2v) is 12.3. The van der Waals surface area contributed by atoms with Crippen LogP contribution in [0, 0.1) is 0 Å². The van der Waals surface area contributed by atoms with E-state index in [9.17, 15) is 13.2 Å². The zero-order valence-corrected chi connectivity index (χ0v) is 22.1. The molecule has 1 aromatic carbocycles. The second kappa shape index (κ2) is 9.97. The monoisotopic (exact) mass is 546 g/mol. The summed E-state index contributed by atoms with van der Waals surface area (Å²) in [5, 5.41) is 6.80. The zero-order chi connectivity index (χ0) is 26.2. The fourth-order valence-corrected chi connectivity index (χ4v) is 6.23. The van der Waals surface area contributed by atoms with Crippen LogP contribution in [0.5, 0.6) is 5.88 Å². The number of amides is 1. The molecule has 1 saturated carbocycles. The first-order chi connectivity index (χ1) is 17.6. The maximum absolute atomic E-state index is 13.3. The topological polar surface area (TPSA) is 138 Å². The van der Waals surface area contributed by atoms with Gasteiger partial charge in [0.05, 0.1) is 23.9 Å². The first-order valence-electron chi connectivity index (χ1n) is 11.6. The van der Waals surface area contributed by atoms with Gasteiger partial charge in [0.15, 0.2) is 26.5 Å². The lowest BCUT2D eigenvalue weighted by molar-refractivity contribution is -0.145. The van der Waals surface area contributed by atoms with Gasteiger partial charge in [-0.2, -0.15) is 0 Å². The largest absolute Gasteiger partial charge is 0.481 e. The third-order valence-electron chi connectivity index (χ3n) is 5.78. The van der Waals surface area contributed by atoms with E-state index in [4.69, 9.17) is 19.0 Å². The highest BCUT2D eigenvalue weighted by molar-refractivity contribution is 7.92. The molecule has 0 bridgehead atoms. The third kappa shape index (κ3) is 5.74. The van der Waals surface area contributed by atoms with Crippen molar-refractivity contribution in [1.29, 1.82) is 0 Å². The normalized spacial score (nSPS) is 19.6. The number of oxime groups is 1. The number of ether oxygens (including phenoxy) is 3. The van der Waals surface area contributed by atoms with E-state index in [1.54, 1.807) is 38.1 Å². The van der Waals surface area contributed by atoms with E-state index in [0.29, 0.717) is 46.4 Å². The SMILES string of the molecule is COc1ccc2nc(NC(=O)/C(=N/OC[C@H]3COC(C)(C)O3)c3ccc(S(=O)(=O)C4CC4)cc3)sc2n1. The smallest absolute Gasteiger partial charge is 0.280 e. The molecule has 1 aliphatic heterocycles. The lowest BCUT2D eigenvalue weighted by atomic mass is 10.1. The number of carbonyl (C=O) groups excluding carboxylic acids is 1. The van der Waals surface area contributed by atoms with Crippen molar-refractivity contribution < 1.29 is 32.3 Å². The summed E-state index contributed by atoms with van der Waals surface area (Å²) in [6.07, 6.45) is 0.985. The number of rotatable bonds is 9. The van der Waals surface area contributed by atoms with Gasteiger partial charge in [-0.3, -0.25) is 10.1 Å². The summed E-state index contributed by atoms with van der Waals surface area (Å²) in [5.41, 5.74) is 0.946. The van der Waals surface area contributed by atoms with Crippen molar-refractivity contribution in [2.75, 3.05) is 25.6 Å². The van der Waals surface area contributed by atoms with Crippen LogP contribution in [0.1, 0.15) is 32.3 Å². The number of aromatic nitrogens is 2. The van der Waals surface area contributed by atoms with Crippen LogP contribution in [0.4, 0.5) is 5.13 Å². The van der Waals surface area contributed by atoms with E-state index < -0.39 is 21.5 Å². The number of benzene rings is 1. The molecule has 1 saturated heterocycles. The van der Waals surface area contributed by atoms with Crippen LogP contribution in [0.3, 0.4) is 0 Å². The predicted molar refractivity (Wildman–Crippen MR) is 137 cm³/mol. The van der Waals surface area contributed by atoms with Crippen LogP contribution >= 0.6 is 11.3 Å². The average molecular weight is 547 g/mol. The van der Waals surface area contributed by atoms with Crippen molar-refractivity contribution in [3.8, 4) is 5.88 Å². The Hall–Kier alpha value is -3.13. The molecule has 2 fully saturated rings. The number of methoxy groups -OCH3 is 1. The molecule has 0 unspecified atom stereocenters. The van der Waals surface area contributed by atoms with Crippen molar-refractivity contribution in [1.82, 2.24) is 9.97 Å². The molecule has 2 aliphatic rings. The minimum Gasteiger partial charge on any atom is -0.481 e. The summed E-state index contributed by atoms with van der Waals surface area (Å²) in [5.74, 6) is -0.857. The first kappa shape index (κ1) is 25.5. The van der Waals surface area contributed by atoms with Crippen LogP contribution in [0.25, 0.3) is 10.3 Å². The lowest BCUT2D eigenvalue weighted by Gasteiger charge is -2.16. The first-order valence-corrected chi connectivity index (χ1v) is 14.0. The van der Waals surface area contributed by atoms with Gasteiger partial charge in [-0.1, -0.05) is 28.6 Å². The van der Waals surface area contributed by atoms with Crippen LogP contribution < -0.4 is 10.1 Å². The van der Waals surface area contributed by atoms with Gasteiger partial charge in [-0.15, -0.1) is 0 Å². The molecule has 0 spiro atoms. The number of carbonyl (C=O) groups is 1. The Balaban J connectivity index is 1.37. The van der Waals surface area contributed by atoms with Crippen LogP contribution in [0.2, 0.25) is 0 Å². The predicted octanol–water partition coefficient (Wildman–Crippen LogP) is 3.15. The van der Waals surface area contributed by atoms with E-state index in [0.717, 1.165) is 0 Å². The Morgan fingerprint density at radius 3 is 2.59 bits per heavy atom. The summed E-state index contributed by atoms with van der Waals surface area (Å²) in [4.78, 5) is 28.3. The fourth-order valence-electron chi connectivity index (χ4n) is 3.75. The number of hydrogen-bond donors (Lipinski definition) is 1. The third-order valence-corrected chi connectivity index (χ3v) is 8.94. The minimum atomic E-state index is -3.36. The molecule has 37 heavy (non-hydrogen) atoms. The van der Waals surface area contributed by atoms with Crippen LogP contribution in [0.15, 0.2) is 46.4 Å². The van der Waals surface area contributed by atoms with Gasteiger partial charge < -0.3 is 19.0 Å². The number of nitrogens with zero attached hydrogens (tertiary/aromatic N) is 3. The maximum atomic E-state index is 13.3. The molecule has 11 nitrogen and oxygen atoms in total. The van der Waals surface area contributed by atoms with E-state index >= 15 is 0 Å². The molecule has 3 aromatic rings. The van der Waals surface area contributed by atoms with E-state index in [-0.39, 0.29) is 28.6 Å². The lowest BCUT2D eigenvalue weighted by Crippen LogP contribution is -2.26. The van der Waals surface area contributed by atoms with Crippen molar-refractivity contribution >= 4 is 48.3 Å². The summed E-state index contributed by atoms with van der Waals surface area (Å²) >= 11 is 1.18. The average Bonchev–Trinajstić information content (AvgIpc) is 3.58. The van der Waals surface area contributed by atoms with Crippen LogP contribution in [-0.4, -0.2) is 67.5 Å². The number of nitrogens with one attached hydrogen (secondary N) is 1. The molecule has 1 amide bonds. The number of thiazole rings is 1. The molecule has 2 aromatic heterocycles. The van der Waals surface area contributed by atoms with Gasteiger partial charge in [0.1, 0.15) is 23.1 Å². The molecule has 1 atom stereocenters. The van der Waals surface area contributed by atoms with Gasteiger partial charge in [0.2, 0.25) is 5.88 Å². The number of fused-ring (bicyclic) bond motifs is 1. The standard InChI is InChI=1S/C24H26N4O7S2/c1-24(2)33-12-15(35-24)13-34-28-20(14-4-6-16(7-5-14)37(30,31)17-8-9-17)21(29)27-23-25-18-10-11-19(32-3)26-22(18)36-23/h4-7,10-11,15,17H,8-9,12-13H2,1-3H3,(H,25,27,29)/b28-20+/t15-/m1/s1.